The molecular formula is C20H29N5O2. The number of carbonyl (C=O) groups excluding carboxylic acids is 1. The first kappa shape index (κ1) is 18.3. The number of carbonyl (C=O) groups is 1. The van der Waals surface area contributed by atoms with Gasteiger partial charge in [-0.3, -0.25) is 19.7 Å². The standard InChI is InChI=1S/C20H29N5O2/c1-15(2)23-8-10-24(11-9-23)17-3-6-25(7-4-17)20(26)18-13-21-22-19(18)16-5-12-27-14-16/h5,12-15,17H,3-4,6-11H2,1-2H3,(H,21,22). The number of likely N-dealkylation sites (tertiary alicyclic amines) is 1. The van der Waals surface area contributed by atoms with E-state index in [9.17, 15) is 4.79 Å². The quantitative estimate of drug-likeness (QED) is 0.893. The smallest absolute Gasteiger partial charge is 0.257 e. The van der Waals surface area contributed by atoms with Crippen LogP contribution in [0.3, 0.4) is 0 Å². The van der Waals surface area contributed by atoms with Crippen molar-refractivity contribution >= 4 is 5.91 Å². The Labute approximate surface area is 160 Å². The van der Waals surface area contributed by atoms with Gasteiger partial charge in [-0.15, -0.1) is 0 Å². The van der Waals surface area contributed by atoms with Gasteiger partial charge in [-0.1, -0.05) is 0 Å². The number of piperazine rings is 1. The Kier molecular flexibility index (Phi) is 5.31. The average Bonchev–Trinajstić information content (AvgIpc) is 3.39. The van der Waals surface area contributed by atoms with Gasteiger partial charge in [0.15, 0.2) is 0 Å². The zero-order valence-corrected chi connectivity index (χ0v) is 16.2. The predicted octanol–water partition coefficient (Wildman–Crippen LogP) is 2.30. The van der Waals surface area contributed by atoms with Gasteiger partial charge in [0.25, 0.3) is 5.91 Å². The van der Waals surface area contributed by atoms with Gasteiger partial charge in [-0.05, 0) is 32.8 Å². The summed E-state index contributed by atoms with van der Waals surface area (Å²) in [6.07, 6.45) is 6.96. The second kappa shape index (κ2) is 7.86. The van der Waals surface area contributed by atoms with Gasteiger partial charge >= 0.3 is 0 Å². The highest BCUT2D eigenvalue weighted by Crippen LogP contribution is 2.25. The monoisotopic (exact) mass is 371 g/mol. The van der Waals surface area contributed by atoms with Crippen molar-refractivity contribution in [3.63, 3.8) is 0 Å². The van der Waals surface area contributed by atoms with Crippen LogP contribution in [0.25, 0.3) is 11.3 Å². The third kappa shape index (κ3) is 3.80. The molecule has 0 spiro atoms. The number of aromatic amines is 1. The fourth-order valence-electron chi connectivity index (χ4n) is 4.30. The topological polar surface area (TPSA) is 68.6 Å². The van der Waals surface area contributed by atoms with E-state index in [1.165, 1.54) is 0 Å². The predicted molar refractivity (Wildman–Crippen MR) is 103 cm³/mol. The summed E-state index contributed by atoms with van der Waals surface area (Å²) in [5.74, 6) is 0.0584. The van der Waals surface area contributed by atoms with E-state index in [1.807, 2.05) is 11.0 Å². The highest BCUT2D eigenvalue weighted by molar-refractivity contribution is 5.99. The molecule has 1 N–H and O–H groups in total. The number of aromatic nitrogens is 2. The van der Waals surface area contributed by atoms with Crippen molar-refractivity contribution in [2.75, 3.05) is 39.3 Å². The third-order valence-electron chi connectivity index (χ3n) is 6.03. The molecule has 2 aliphatic rings. The number of rotatable bonds is 4. The van der Waals surface area contributed by atoms with E-state index in [0.717, 1.165) is 63.4 Å². The lowest BCUT2D eigenvalue weighted by Crippen LogP contribution is -2.54. The molecular weight excluding hydrogens is 342 g/mol. The van der Waals surface area contributed by atoms with Crippen molar-refractivity contribution < 1.29 is 9.21 Å². The number of furan rings is 1. The largest absolute Gasteiger partial charge is 0.472 e. The van der Waals surface area contributed by atoms with Gasteiger partial charge in [0.2, 0.25) is 0 Å². The molecule has 2 aliphatic heterocycles. The molecule has 0 aromatic carbocycles. The van der Waals surface area contributed by atoms with Crippen molar-refractivity contribution in [3.8, 4) is 11.3 Å². The van der Waals surface area contributed by atoms with Crippen LogP contribution < -0.4 is 0 Å². The molecule has 2 fully saturated rings. The lowest BCUT2D eigenvalue weighted by atomic mass is 10.0. The molecule has 0 unspecified atom stereocenters. The minimum Gasteiger partial charge on any atom is -0.472 e. The summed E-state index contributed by atoms with van der Waals surface area (Å²) in [5, 5.41) is 7.01. The Hall–Kier alpha value is -2.12. The summed E-state index contributed by atoms with van der Waals surface area (Å²) in [6, 6.07) is 3.07. The Morgan fingerprint density at radius 2 is 1.93 bits per heavy atom. The number of hydrogen-bond acceptors (Lipinski definition) is 5. The van der Waals surface area contributed by atoms with Crippen LogP contribution >= 0.6 is 0 Å². The van der Waals surface area contributed by atoms with Crippen molar-refractivity contribution in [1.82, 2.24) is 24.9 Å². The van der Waals surface area contributed by atoms with Crippen LogP contribution in [-0.4, -0.2) is 82.2 Å². The zero-order chi connectivity index (χ0) is 18.8. The van der Waals surface area contributed by atoms with Crippen LogP contribution in [0.15, 0.2) is 29.2 Å². The average molecular weight is 371 g/mol. The summed E-state index contributed by atoms with van der Waals surface area (Å²) >= 11 is 0. The highest BCUT2D eigenvalue weighted by Gasteiger charge is 2.31. The van der Waals surface area contributed by atoms with E-state index in [0.29, 0.717) is 17.6 Å². The Morgan fingerprint density at radius 3 is 2.56 bits per heavy atom. The van der Waals surface area contributed by atoms with Gasteiger partial charge in [-0.2, -0.15) is 5.10 Å². The normalized spacial score (nSPS) is 20.5. The number of nitrogens with zero attached hydrogens (tertiary/aromatic N) is 4. The molecule has 4 heterocycles. The van der Waals surface area contributed by atoms with E-state index >= 15 is 0 Å². The van der Waals surface area contributed by atoms with E-state index in [2.05, 4.69) is 33.8 Å². The zero-order valence-electron chi connectivity index (χ0n) is 16.2. The molecule has 4 rings (SSSR count). The molecule has 7 nitrogen and oxygen atoms in total. The van der Waals surface area contributed by atoms with Gasteiger partial charge in [-0.25, -0.2) is 0 Å². The molecule has 0 aliphatic carbocycles. The lowest BCUT2D eigenvalue weighted by Gasteiger charge is -2.43. The maximum Gasteiger partial charge on any atom is 0.257 e. The molecule has 0 saturated carbocycles. The van der Waals surface area contributed by atoms with Gasteiger partial charge in [0.05, 0.1) is 30.0 Å². The second-order valence-electron chi connectivity index (χ2n) is 7.86. The van der Waals surface area contributed by atoms with Crippen LogP contribution in [0.4, 0.5) is 0 Å². The van der Waals surface area contributed by atoms with E-state index in [1.54, 1.807) is 18.7 Å². The van der Waals surface area contributed by atoms with Crippen LogP contribution in [0.2, 0.25) is 0 Å². The van der Waals surface area contributed by atoms with Crippen LogP contribution in [0.1, 0.15) is 37.0 Å². The van der Waals surface area contributed by atoms with Crippen molar-refractivity contribution in [2.45, 2.75) is 38.8 Å². The number of hydrogen-bond donors (Lipinski definition) is 1. The van der Waals surface area contributed by atoms with Crippen LogP contribution in [-0.2, 0) is 0 Å². The summed E-state index contributed by atoms with van der Waals surface area (Å²) in [4.78, 5) is 20.1. The first-order chi connectivity index (χ1) is 13.1. The SMILES string of the molecule is CC(C)N1CCN(C2CCN(C(=O)c3cn[nH]c3-c3ccoc3)CC2)CC1. The molecule has 27 heavy (non-hydrogen) atoms. The Bertz CT molecular complexity index is 738. The molecule has 146 valence electrons. The van der Waals surface area contributed by atoms with E-state index in [-0.39, 0.29) is 5.91 Å². The summed E-state index contributed by atoms with van der Waals surface area (Å²) in [5.41, 5.74) is 2.22. The second-order valence-corrected chi connectivity index (χ2v) is 7.86. The first-order valence-corrected chi connectivity index (χ1v) is 9.97. The maximum absolute atomic E-state index is 13.0. The van der Waals surface area contributed by atoms with Crippen molar-refractivity contribution in [1.29, 1.82) is 0 Å². The fraction of sp³-hybridized carbons (Fsp3) is 0.600. The Morgan fingerprint density at radius 1 is 1.19 bits per heavy atom. The van der Waals surface area contributed by atoms with Gasteiger partial charge in [0, 0.05) is 56.9 Å². The minimum atomic E-state index is 0.0584. The molecule has 0 atom stereocenters. The van der Waals surface area contributed by atoms with Gasteiger partial charge in [0.1, 0.15) is 0 Å². The summed E-state index contributed by atoms with van der Waals surface area (Å²) in [7, 11) is 0. The molecule has 0 radical (unpaired) electrons. The van der Waals surface area contributed by atoms with E-state index < -0.39 is 0 Å². The fourth-order valence-corrected chi connectivity index (χ4v) is 4.30. The summed E-state index contributed by atoms with van der Waals surface area (Å²) < 4.78 is 5.14. The molecule has 7 heteroatoms. The number of piperidine rings is 1. The van der Waals surface area contributed by atoms with Crippen molar-refractivity contribution in [3.05, 3.63) is 30.4 Å². The van der Waals surface area contributed by atoms with Crippen LogP contribution in [0, 0.1) is 0 Å². The highest BCUT2D eigenvalue weighted by atomic mass is 16.3. The molecule has 2 aromatic rings. The van der Waals surface area contributed by atoms with E-state index in [4.69, 9.17) is 4.42 Å². The van der Waals surface area contributed by atoms with Gasteiger partial charge < -0.3 is 9.32 Å². The number of amides is 1. The molecule has 0 bridgehead atoms. The Balaban J connectivity index is 1.34. The lowest BCUT2D eigenvalue weighted by molar-refractivity contribution is 0.0421. The minimum absolute atomic E-state index is 0.0584. The van der Waals surface area contributed by atoms with Crippen LogP contribution in [0.5, 0.6) is 0 Å². The first-order valence-electron chi connectivity index (χ1n) is 9.97. The maximum atomic E-state index is 13.0. The van der Waals surface area contributed by atoms with Crippen molar-refractivity contribution in [2.24, 2.45) is 0 Å². The molecule has 1 amide bonds. The number of H-pyrrole nitrogens is 1. The summed E-state index contributed by atoms with van der Waals surface area (Å²) in [6.45, 7) is 10.8. The number of nitrogens with one attached hydrogen (secondary N) is 1. The molecule has 2 saturated heterocycles. The third-order valence-corrected chi connectivity index (χ3v) is 6.03. The molecule has 2 aromatic heterocycles.